The number of aliphatic hydroxyl groups excluding tert-OH is 1. The molecule has 0 saturated carbocycles. The normalized spacial score (nSPS) is 30.7. The molecule has 3 rings (SSSR count). The highest BCUT2D eigenvalue weighted by molar-refractivity contribution is 5.96. The molecule has 9 nitrogen and oxygen atoms in total. The number of allylic oxidation sites excluding steroid dienone is 1. The number of carbonyl (C=O) groups is 3. The molecule has 2 N–H and O–H groups in total. The van der Waals surface area contributed by atoms with Gasteiger partial charge in [-0.05, 0) is 26.2 Å². The summed E-state index contributed by atoms with van der Waals surface area (Å²) in [4.78, 5) is 43.6. The average molecular weight is 466 g/mol. The molecule has 6 atom stereocenters. The maximum atomic E-state index is 13.6. The van der Waals surface area contributed by atoms with Crippen molar-refractivity contribution in [1.29, 1.82) is 0 Å². The largest absolute Gasteiger partial charge is 0.466 e. The van der Waals surface area contributed by atoms with Crippen LogP contribution in [0.15, 0.2) is 12.2 Å². The Morgan fingerprint density at radius 1 is 1.27 bits per heavy atom. The first-order valence-corrected chi connectivity index (χ1v) is 12.3. The van der Waals surface area contributed by atoms with Gasteiger partial charge in [0.25, 0.3) is 0 Å². The van der Waals surface area contributed by atoms with Crippen molar-refractivity contribution < 1.29 is 29.0 Å². The lowest BCUT2D eigenvalue weighted by Gasteiger charge is -2.34. The summed E-state index contributed by atoms with van der Waals surface area (Å²) in [5.41, 5.74) is 0. The van der Waals surface area contributed by atoms with Crippen molar-refractivity contribution in [3.63, 3.8) is 0 Å². The number of hydrogen-bond donors (Lipinski definition) is 2. The number of aliphatic hydroxyl groups is 1. The van der Waals surface area contributed by atoms with Crippen molar-refractivity contribution in [2.75, 3.05) is 52.6 Å². The second kappa shape index (κ2) is 11.9. The van der Waals surface area contributed by atoms with Crippen LogP contribution in [-0.4, -0.2) is 97.4 Å². The van der Waals surface area contributed by atoms with Crippen molar-refractivity contribution in [3.8, 4) is 0 Å². The third kappa shape index (κ3) is 5.58. The molecule has 2 amide bonds. The van der Waals surface area contributed by atoms with Gasteiger partial charge < -0.3 is 24.8 Å². The fourth-order valence-electron chi connectivity index (χ4n) is 5.45. The number of hydrogen-bond acceptors (Lipinski definition) is 7. The van der Waals surface area contributed by atoms with Crippen LogP contribution >= 0.6 is 0 Å². The Bertz CT molecular complexity index is 723. The summed E-state index contributed by atoms with van der Waals surface area (Å²) in [6.45, 7) is 9.73. The highest BCUT2D eigenvalue weighted by Crippen LogP contribution is 2.46. The zero-order valence-electron chi connectivity index (χ0n) is 20.1. The van der Waals surface area contributed by atoms with E-state index in [1.165, 1.54) is 4.90 Å². The van der Waals surface area contributed by atoms with E-state index in [2.05, 4.69) is 10.2 Å². The summed E-state index contributed by atoms with van der Waals surface area (Å²) >= 11 is 0. The Hall–Kier alpha value is -1.97. The molecule has 3 aliphatic rings. The van der Waals surface area contributed by atoms with Crippen LogP contribution in [0.5, 0.6) is 0 Å². The van der Waals surface area contributed by atoms with Crippen LogP contribution in [-0.2, 0) is 23.9 Å². The second-order valence-corrected chi connectivity index (χ2v) is 9.19. The fraction of sp³-hybridized carbons (Fsp3) is 0.792. The van der Waals surface area contributed by atoms with E-state index in [1.807, 2.05) is 19.1 Å². The predicted octanol–water partition coefficient (Wildman–Crippen LogP) is 0.424. The Morgan fingerprint density at radius 2 is 2.00 bits per heavy atom. The van der Waals surface area contributed by atoms with E-state index < -0.39 is 29.8 Å². The highest BCUT2D eigenvalue weighted by atomic mass is 16.5. The second-order valence-electron chi connectivity index (χ2n) is 9.19. The average Bonchev–Trinajstić information content (AvgIpc) is 3.12. The molecule has 2 aliphatic heterocycles. The lowest BCUT2D eigenvalue weighted by molar-refractivity contribution is -0.156. The number of amides is 2. The molecule has 0 aromatic heterocycles. The summed E-state index contributed by atoms with van der Waals surface area (Å²) in [5, 5.41) is 12.8. The molecule has 0 bridgehead atoms. The molecule has 0 aromatic carbocycles. The third-order valence-electron chi connectivity index (χ3n) is 7.07. The number of nitrogens with zero attached hydrogens (tertiary/aromatic N) is 2. The molecular formula is C24H39N3O6. The number of morpholine rings is 1. The topological polar surface area (TPSA) is 108 Å². The lowest BCUT2D eigenvalue weighted by Crippen LogP contribution is -2.52. The molecule has 9 heteroatoms. The minimum Gasteiger partial charge on any atom is -0.466 e. The number of fused-ring (bicyclic) bond motifs is 1. The van der Waals surface area contributed by atoms with Gasteiger partial charge in [0, 0.05) is 32.1 Å². The van der Waals surface area contributed by atoms with Gasteiger partial charge >= 0.3 is 5.97 Å². The zero-order chi connectivity index (χ0) is 24.0. The van der Waals surface area contributed by atoms with Crippen LogP contribution in [0.3, 0.4) is 0 Å². The summed E-state index contributed by atoms with van der Waals surface area (Å²) < 4.78 is 10.7. The highest BCUT2D eigenvalue weighted by Gasteiger charge is 2.58. The van der Waals surface area contributed by atoms with Crippen molar-refractivity contribution in [1.82, 2.24) is 15.1 Å². The van der Waals surface area contributed by atoms with Crippen molar-refractivity contribution in [3.05, 3.63) is 12.2 Å². The first-order chi connectivity index (χ1) is 15.9. The van der Waals surface area contributed by atoms with Gasteiger partial charge in [0.05, 0.1) is 44.3 Å². The van der Waals surface area contributed by atoms with Crippen molar-refractivity contribution in [2.45, 2.75) is 45.7 Å². The molecule has 0 unspecified atom stereocenters. The molecule has 2 saturated heterocycles. The van der Waals surface area contributed by atoms with Crippen LogP contribution in [0.4, 0.5) is 0 Å². The molecule has 0 aromatic rings. The molecule has 33 heavy (non-hydrogen) atoms. The molecule has 2 heterocycles. The van der Waals surface area contributed by atoms with Gasteiger partial charge in [-0.15, -0.1) is 0 Å². The van der Waals surface area contributed by atoms with E-state index in [4.69, 9.17) is 9.47 Å². The Balaban J connectivity index is 1.82. The van der Waals surface area contributed by atoms with Crippen LogP contribution in [0.1, 0.15) is 33.6 Å². The maximum Gasteiger partial charge on any atom is 0.310 e. The van der Waals surface area contributed by atoms with Gasteiger partial charge in [-0.3, -0.25) is 19.3 Å². The Morgan fingerprint density at radius 3 is 2.64 bits per heavy atom. The minimum absolute atomic E-state index is 0.103. The van der Waals surface area contributed by atoms with Crippen LogP contribution < -0.4 is 5.32 Å². The van der Waals surface area contributed by atoms with E-state index in [0.29, 0.717) is 26.3 Å². The molecule has 1 aliphatic carbocycles. The zero-order valence-corrected chi connectivity index (χ0v) is 20.1. The fourth-order valence-corrected chi connectivity index (χ4v) is 5.45. The monoisotopic (exact) mass is 465 g/mol. The summed E-state index contributed by atoms with van der Waals surface area (Å²) in [6, 6.07) is -1.29. The van der Waals surface area contributed by atoms with E-state index in [0.717, 1.165) is 25.9 Å². The van der Waals surface area contributed by atoms with Gasteiger partial charge in [0.15, 0.2) is 0 Å². The van der Waals surface area contributed by atoms with Crippen LogP contribution in [0.25, 0.3) is 0 Å². The van der Waals surface area contributed by atoms with Crippen molar-refractivity contribution in [2.24, 2.45) is 23.7 Å². The van der Waals surface area contributed by atoms with Crippen LogP contribution in [0, 0.1) is 23.7 Å². The van der Waals surface area contributed by atoms with Gasteiger partial charge in [0.2, 0.25) is 11.8 Å². The molecule has 2 fully saturated rings. The number of likely N-dealkylation sites (tertiary alicyclic amines) is 1. The smallest absolute Gasteiger partial charge is 0.310 e. The summed E-state index contributed by atoms with van der Waals surface area (Å²) in [7, 11) is 0. The summed E-state index contributed by atoms with van der Waals surface area (Å²) in [5.74, 6) is -2.69. The van der Waals surface area contributed by atoms with E-state index in [-0.39, 0.29) is 36.9 Å². The van der Waals surface area contributed by atoms with E-state index in [1.54, 1.807) is 13.8 Å². The predicted molar refractivity (Wildman–Crippen MR) is 122 cm³/mol. The van der Waals surface area contributed by atoms with Crippen LogP contribution in [0.2, 0.25) is 0 Å². The van der Waals surface area contributed by atoms with E-state index in [9.17, 15) is 19.5 Å². The number of esters is 1. The van der Waals surface area contributed by atoms with Gasteiger partial charge in [0.1, 0.15) is 6.04 Å². The van der Waals surface area contributed by atoms with Gasteiger partial charge in [-0.1, -0.05) is 25.5 Å². The van der Waals surface area contributed by atoms with Gasteiger partial charge in [-0.2, -0.15) is 0 Å². The quantitative estimate of drug-likeness (QED) is 0.356. The number of rotatable bonds is 10. The van der Waals surface area contributed by atoms with Crippen molar-refractivity contribution >= 4 is 17.8 Å². The lowest BCUT2D eigenvalue weighted by atomic mass is 9.69. The maximum absolute atomic E-state index is 13.6. The first kappa shape index (κ1) is 25.6. The molecule has 186 valence electrons. The first-order valence-electron chi connectivity index (χ1n) is 12.3. The number of nitrogens with one attached hydrogen (secondary N) is 1. The Kier molecular flexibility index (Phi) is 9.28. The Labute approximate surface area is 196 Å². The van der Waals surface area contributed by atoms with E-state index >= 15 is 0 Å². The number of carbonyl (C=O) groups excluding carboxylic acids is 3. The van der Waals surface area contributed by atoms with Gasteiger partial charge in [-0.25, -0.2) is 0 Å². The SMILES string of the molecule is CCC[C@@H]1C=C[C@H]2[C@@H](C(=O)N([C@H](C)CO)[C@@H]2C(=O)NCCN2CCOCC2)[C@@H]1C(=O)OCC. The standard InChI is InChI=1S/C24H39N3O6/c1-4-6-17-7-8-18-20(19(17)24(31)33-5-2)23(30)27(16(3)15-28)21(18)22(29)25-9-10-26-11-13-32-14-12-26/h7-8,16-21,28H,4-6,9-15H2,1-3H3,(H,25,29)/t16-,17-,18+,19-,20-,21+/m1/s1. The molecular weight excluding hydrogens is 426 g/mol. The third-order valence-corrected chi connectivity index (χ3v) is 7.07. The molecule has 0 radical (unpaired) electrons. The number of ether oxygens (including phenoxy) is 2. The summed E-state index contributed by atoms with van der Waals surface area (Å²) in [6.07, 6.45) is 5.57. The molecule has 0 spiro atoms. The minimum atomic E-state index is -0.759.